The van der Waals surface area contributed by atoms with Gasteiger partial charge >= 0.3 is 12.1 Å². The van der Waals surface area contributed by atoms with Crippen LogP contribution in [-0.2, 0) is 17.4 Å². The lowest BCUT2D eigenvalue weighted by Gasteiger charge is -2.12. The first-order chi connectivity index (χ1) is 10.6. The van der Waals surface area contributed by atoms with E-state index in [9.17, 15) is 18.0 Å². The molecule has 1 heterocycles. The molecular weight excluding hydrogens is 378 g/mol. The number of carbonyl (C=O) groups is 1. The maximum Gasteiger partial charge on any atom is 0.433 e. The highest BCUT2D eigenvalue weighted by molar-refractivity contribution is 6.49. The Labute approximate surface area is 143 Å². The lowest BCUT2D eigenvalue weighted by atomic mass is 10.1. The van der Waals surface area contributed by atoms with Gasteiger partial charge in [0, 0.05) is 5.56 Å². The molecule has 0 saturated heterocycles. The molecule has 1 N–H and O–H groups in total. The fourth-order valence-corrected chi connectivity index (χ4v) is 2.50. The van der Waals surface area contributed by atoms with Crippen LogP contribution in [0.25, 0.3) is 11.3 Å². The third kappa shape index (κ3) is 4.07. The fraction of sp³-hybridized carbons (Fsp3) is 0.143. The van der Waals surface area contributed by atoms with Gasteiger partial charge in [-0.15, -0.1) is 0 Å². The summed E-state index contributed by atoms with van der Waals surface area (Å²) in [6.07, 6.45) is -5.32. The van der Waals surface area contributed by atoms with E-state index in [2.05, 4.69) is 4.98 Å². The molecule has 0 unspecified atom stereocenters. The summed E-state index contributed by atoms with van der Waals surface area (Å²) in [5.41, 5.74) is -1.29. The smallest absolute Gasteiger partial charge is 0.433 e. The van der Waals surface area contributed by atoms with Gasteiger partial charge in [0.2, 0.25) is 0 Å². The summed E-state index contributed by atoms with van der Waals surface area (Å²) in [6, 6.07) is 4.63. The van der Waals surface area contributed by atoms with Crippen LogP contribution in [0.15, 0.2) is 24.3 Å². The van der Waals surface area contributed by atoms with E-state index in [1.54, 1.807) is 0 Å². The Morgan fingerprint density at radius 3 is 2.35 bits per heavy atom. The molecule has 0 radical (unpaired) electrons. The van der Waals surface area contributed by atoms with Gasteiger partial charge in [0.1, 0.15) is 5.69 Å². The quantitative estimate of drug-likeness (QED) is 0.725. The maximum absolute atomic E-state index is 13.0. The standard InChI is InChI=1S/C14H7Cl3F3NO2/c15-8-2-1-7(12(16)13(8)17)9-3-6(5-11(22)23)4-10(21-9)14(18,19)20/h1-4H,5H2,(H,22,23). The van der Waals surface area contributed by atoms with Crippen molar-refractivity contribution in [3.05, 3.63) is 50.6 Å². The molecule has 122 valence electrons. The van der Waals surface area contributed by atoms with E-state index in [4.69, 9.17) is 39.9 Å². The van der Waals surface area contributed by atoms with Crippen LogP contribution in [0.1, 0.15) is 11.3 Å². The highest BCUT2D eigenvalue weighted by Gasteiger charge is 2.33. The minimum absolute atomic E-state index is 0.0233. The summed E-state index contributed by atoms with van der Waals surface area (Å²) >= 11 is 17.7. The molecule has 0 aliphatic rings. The summed E-state index contributed by atoms with van der Waals surface area (Å²) < 4.78 is 38.9. The zero-order chi connectivity index (χ0) is 17.4. The Kier molecular flexibility index (Phi) is 5.08. The van der Waals surface area contributed by atoms with Crippen molar-refractivity contribution in [3.63, 3.8) is 0 Å². The molecule has 0 saturated carbocycles. The number of pyridine rings is 1. The van der Waals surface area contributed by atoms with Crippen LogP contribution < -0.4 is 0 Å². The highest BCUT2D eigenvalue weighted by Crippen LogP contribution is 2.39. The van der Waals surface area contributed by atoms with Crippen LogP contribution in [0.5, 0.6) is 0 Å². The SMILES string of the molecule is O=C(O)Cc1cc(-c2ccc(Cl)c(Cl)c2Cl)nc(C(F)(F)F)c1. The molecule has 0 fully saturated rings. The van der Waals surface area contributed by atoms with Crippen molar-refractivity contribution in [2.75, 3.05) is 0 Å². The molecule has 2 rings (SSSR count). The van der Waals surface area contributed by atoms with E-state index < -0.39 is 24.3 Å². The van der Waals surface area contributed by atoms with E-state index in [0.717, 1.165) is 0 Å². The number of nitrogens with zero attached hydrogens (tertiary/aromatic N) is 1. The summed E-state index contributed by atoms with van der Waals surface area (Å²) in [7, 11) is 0. The van der Waals surface area contributed by atoms with Gasteiger partial charge in [-0.25, -0.2) is 4.98 Å². The Hall–Kier alpha value is -1.50. The van der Waals surface area contributed by atoms with Gasteiger partial charge in [-0.3, -0.25) is 4.79 Å². The second kappa shape index (κ2) is 6.55. The molecule has 3 nitrogen and oxygen atoms in total. The van der Waals surface area contributed by atoms with Crippen molar-refractivity contribution >= 4 is 40.8 Å². The topological polar surface area (TPSA) is 50.2 Å². The number of hydrogen-bond donors (Lipinski definition) is 1. The van der Waals surface area contributed by atoms with Gasteiger partial charge in [0.05, 0.1) is 27.2 Å². The molecule has 23 heavy (non-hydrogen) atoms. The molecule has 0 atom stereocenters. The molecule has 0 aliphatic carbocycles. The highest BCUT2D eigenvalue weighted by atomic mass is 35.5. The first-order valence-corrected chi connectivity index (χ1v) is 7.17. The van der Waals surface area contributed by atoms with E-state index in [1.165, 1.54) is 18.2 Å². The lowest BCUT2D eigenvalue weighted by molar-refractivity contribution is -0.141. The van der Waals surface area contributed by atoms with E-state index in [0.29, 0.717) is 6.07 Å². The summed E-state index contributed by atoms with van der Waals surface area (Å²) in [5, 5.41) is 8.84. The number of aliphatic carboxylic acids is 1. The maximum atomic E-state index is 13.0. The molecule has 0 amide bonds. The largest absolute Gasteiger partial charge is 0.481 e. The van der Waals surface area contributed by atoms with Crippen LogP contribution >= 0.6 is 34.8 Å². The summed E-state index contributed by atoms with van der Waals surface area (Å²) in [4.78, 5) is 14.3. The fourth-order valence-electron chi connectivity index (χ4n) is 1.87. The first kappa shape index (κ1) is 17.8. The van der Waals surface area contributed by atoms with Gasteiger partial charge < -0.3 is 5.11 Å². The predicted octanol–water partition coefficient (Wildman–Crippen LogP) is 5.35. The van der Waals surface area contributed by atoms with E-state index in [1.807, 2.05) is 0 Å². The van der Waals surface area contributed by atoms with Crippen molar-refractivity contribution in [1.82, 2.24) is 4.98 Å². The minimum Gasteiger partial charge on any atom is -0.481 e. The minimum atomic E-state index is -4.73. The Balaban J connectivity index is 2.66. The average molecular weight is 385 g/mol. The van der Waals surface area contributed by atoms with Crippen LogP contribution in [0.2, 0.25) is 15.1 Å². The summed E-state index contributed by atoms with van der Waals surface area (Å²) in [6.45, 7) is 0. The third-order valence-corrected chi connectivity index (χ3v) is 4.14. The number of aromatic nitrogens is 1. The van der Waals surface area contributed by atoms with Gasteiger partial charge in [-0.2, -0.15) is 13.2 Å². The number of carboxylic acid groups (broad SMARTS) is 1. The van der Waals surface area contributed by atoms with Crippen molar-refractivity contribution in [1.29, 1.82) is 0 Å². The normalized spacial score (nSPS) is 11.6. The van der Waals surface area contributed by atoms with Crippen molar-refractivity contribution in [2.45, 2.75) is 12.6 Å². The van der Waals surface area contributed by atoms with Crippen molar-refractivity contribution in [2.24, 2.45) is 0 Å². The second-order valence-corrected chi connectivity index (χ2v) is 5.70. The van der Waals surface area contributed by atoms with Crippen LogP contribution in [0, 0.1) is 0 Å². The molecule has 0 aliphatic heterocycles. The van der Waals surface area contributed by atoms with Crippen LogP contribution in [0.4, 0.5) is 13.2 Å². The average Bonchev–Trinajstić information content (AvgIpc) is 2.43. The molecule has 1 aromatic carbocycles. The molecule has 0 bridgehead atoms. The van der Waals surface area contributed by atoms with E-state index in [-0.39, 0.29) is 31.9 Å². The van der Waals surface area contributed by atoms with Crippen molar-refractivity contribution < 1.29 is 23.1 Å². The Bertz CT molecular complexity index is 779. The van der Waals surface area contributed by atoms with Gasteiger partial charge in [-0.1, -0.05) is 34.8 Å². The lowest BCUT2D eigenvalue weighted by Crippen LogP contribution is -2.11. The zero-order valence-corrected chi connectivity index (χ0v) is 13.4. The molecule has 1 aromatic heterocycles. The summed E-state index contributed by atoms with van der Waals surface area (Å²) in [5.74, 6) is -1.27. The Morgan fingerprint density at radius 2 is 1.78 bits per heavy atom. The number of rotatable bonds is 3. The zero-order valence-electron chi connectivity index (χ0n) is 11.1. The Morgan fingerprint density at radius 1 is 1.13 bits per heavy atom. The van der Waals surface area contributed by atoms with Gasteiger partial charge in [0.15, 0.2) is 0 Å². The van der Waals surface area contributed by atoms with E-state index >= 15 is 0 Å². The first-order valence-electron chi connectivity index (χ1n) is 6.03. The molecule has 2 aromatic rings. The number of halogens is 6. The molecule has 9 heteroatoms. The third-order valence-electron chi connectivity index (χ3n) is 2.84. The number of hydrogen-bond acceptors (Lipinski definition) is 2. The molecular formula is C14H7Cl3F3NO2. The predicted molar refractivity (Wildman–Crippen MR) is 81.0 cm³/mol. The second-order valence-electron chi connectivity index (χ2n) is 4.54. The van der Waals surface area contributed by atoms with Gasteiger partial charge in [0.25, 0.3) is 0 Å². The monoisotopic (exact) mass is 383 g/mol. The number of benzene rings is 1. The van der Waals surface area contributed by atoms with Crippen LogP contribution in [-0.4, -0.2) is 16.1 Å². The number of alkyl halides is 3. The van der Waals surface area contributed by atoms with Gasteiger partial charge in [-0.05, 0) is 29.8 Å². The molecule has 0 spiro atoms. The van der Waals surface area contributed by atoms with Crippen LogP contribution in [0.3, 0.4) is 0 Å². The number of carboxylic acids is 1. The van der Waals surface area contributed by atoms with Crippen molar-refractivity contribution in [3.8, 4) is 11.3 Å².